The molecule has 1 aromatic carbocycles. The Labute approximate surface area is 119 Å². The van der Waals surface area contributed by atoms with Crippen molar-refractivity contribution in [2.75, 3.05) is 38.4 Å². The van der Waals surface area contributed by atoms with Gasteiger partial charge in [0, 0.05) is 25.5 Å². The van der Waals surface area contributed by atoms with Crippen LogP contribution in [0.15, 0.2) is 18.2 Å². The van der Waals surface area contributed by atoms with Crippen LogP contribution in [-0.2, 0) is 0 Å². The quantitative estimate of drug-likeness (QED) is 0.570. The maximum absolute atomic E-state index is 12.1. The predicted molar refractivity (Wildman–Crippen MR) is 79.7 cm³/mol. The van der Waals surface area contributed by atoms with E-state index in [1.54, 1.807) is 32.3 Å². The van der Waals surface area contributed by atoms with E-state index in [0.29, 0.717) is 23.4 Å². The van der Waals surface area contributed by atoms with Gasteiger partial charge in [0.15, 0.2) is 0 Å². The molecule has 0 aliphatic carbocycles. The van der Waals surface area contributed by atoms with Crippen LogP contribution in [0.2, 0.25) is 0 Å². The minimum Gasteiger partial charge on any atom is -0.399 e. The van der Waals surface area contributed by atoms with Crippen LogP contribution in [0.25, 0.3) is 0 Å². The Bertz CT molecular complexity index is 462. The van der Waals surface area contributed by atoms with E-state index in [1.807, 2.05) is 6.92 Å². The van der Waals surface area contributed by atoms with Crippen molar-refractivity contribution in [1.29, 1.82) is 0 Å². The van der Waals surface area contributed by atoms with Crippen molar-refractivity contribution in [3.05, 3.63) is 23.8 Å². The van der Waals surface area contributed by atoms with E-state index in [0.717, 1.165) is 0 Å². The lowest BCUT2D eigenvalue weighted by atomic mass is 9.97. The molecular weight excluding hydrogens is 258 g/mol. The van der Waals surface area contributed by atoms with E-state index in [-0.39, 0.29) is 19.1 Å². The number of hydrogen-bond donors (Lipinski definition) is 4. The van der Waals surface area contributed by atoms with Crippen LogP contribution >= 0.6 is 0 Å². The van der Waals surface area contributed by atoms with Gasteiger partial charge in [-0.3, -0.25) is 4.79 Å². The second-order valence-corrected chi connectivity index (χ2v) is 5.08. The molecule has 1 rings (SSSR count). The molecule has 0 aliphatic heterocycles. The molecule has 0 bridgehead atoms. The number of nitrogen functional groups attached to an aromatic ring is 1. The number of carbonyl (C=O) groups is 1. The summed E-state index contributed by atoms with van der Waals surface area (Å²) in [5.41, 5.74) is 6.34. The van der Waals surface area contributed by atoms with Crippen molar-refractivity contribution in [3.63, 3.8) is 0 Å². The Hall–Kier alpha value is -1.79. The molecule has 5 N–H and O–H groups in total. The fourth-order valence-electron chi connectivity index (χ4n) is 1.82. The third-order valence-electron chi connectivity index (χ3n) is 3.36. The highest BCUT2D eigenvalue weighted by molar-refractivity contribution is 6.00. The van der Waals surface area contributed by atoms with Crippen LogP contribution < -0.4 is 11.1 Å². The number of rotatable bonds is 6. The predicted octanol–water partition coefficient (Wildman–Crippen LogP) is 0.516. The molecule has 0 fully saturated rings. The summed E-state index contributed by atoms with van der Waals surface area (Å²) in [6.45, 7) is 1.36. The number of aliphatic hydroxyl groups is 2. The number of nitrogens with one attached hydrogen (secondary N) is 1. The van der Waals surface area contributed by atoms with E-state index < -0.39 is 5.54 Å². The Morgan fingerprint density at radius 1 is 1.35 bits per heavy atom. The molecule has 112 valence electrons. The number of carbonyl (C=O) groups excluding carboxylic acids is 1. The van der Waals surface area contributed by atoms with Gasteiger partial charge in [-0.05, 0) is 24.6 Å². The summed E-state index contributed by atoms with van der Waals surface area (Å²) in [7, 11) is 3.32. The van der Waals surface area contributed by atoms with Crippen LogP contribution in [0.4, 0.5) is 11.4 Å². The molecule has 0 unspecified atom stereocenters. The molecule has 0 radical (unpaired) electrons. The molecule has 0 spiro atoms. The Kier molecular flexibility index (Phi) is 5.35. The molecule has 0 aliphatic rings. The van der Waals surface area contributed by atoms with Crippen molar-refractivity contribution < 1.29 is 15.0 Å². The van der Waals surface area contributed by atoms with Gasteiger partial charge in [0.1, 0.15) is 0 Å². The van der Waals surface area contributed by atoms with E-state index in [9.17, 15) is 15.0 Å². The number of benzene rings is 1. The second-order valence-electron chi connectivity index (χ2n) is 5.08. The number of amides is 1. The lowest BCUT2D eigenvalue weighted by molar-refractivity contribution is 0.0827. The Balaban J connectivity index is 3.22. The normalized spacial score (nSPS) is 11.2. The first-order chi connectivity index (χ1) is 9.39. The molecule has 6 nitrogen and oxygen atoms in total. The van der Waals surface area contributed by atoms with Crippen LogP contribution in [0, 0.1) is 0 Å². The maximum atomic E-state index is 12.1. The van der Waals surface area contributed by atoms with E-state index >= 15 is 0 Å². The molecule has 6 heteroatoms. The first-order valence-electron chi connectivity index (χ1n) is 6.50. The van der Waals surface area contributed by atoms with Gasteiger partial charge < -0.3 is 26.2 Å². The van der Waals surface area contributed by atoms with Crippen molar-refractivity contribution >= 4 is 17.3 Å². The lowest BCUT2D eigenvalue weighted by Gasteiger charge is -2.32. The third-order valence-corrected chi connectivity index (χ3v) is 3.36. The highest BCUT2D eigenvalue weighted by Crippen LogP contribution is 2.25. The van der Waals surface area contributed by atoms with Gasteiger partial charge in [0.25, 0.3) is 5.91 Å². The zero-order valence-corrected chi connectivity index (χ0v) is 12.2. The van der Waals surface area contributed by atoms with Gasteiger partial charge in [-0.15, -0.1) is 0 Å². The molecule has 0 aromatic heterocycles. The zero-order chi connectivity index (χ0) is 15.3. The molecule has 0 saturated heterocycles. The monoisotopic (exact) mass is 281 g/mol. The highest BCUT2D eigenvalue weighted by Gasteiger charge is 2.28. The fraction of sp³-hybridized carbons (Fsp3) is 0.500. The average molecular weight is 281 g/mol. The van der Waals surface area contributed by atoms with Gasteiger partial charge in [-0.2, -0.15) is 0 Å². The number of hydrogen-bond acceptors (Lipinski definition) is 5. The highest BCUT2D eigenvalue weighted by atomic mass is 16.3. The zero-order valence-electron chi connectivity index (χ0n) is 12.2. The first kappa shape index (κ1) is 16.3. The smallest absolute Gasteiger partial charge is 0.255 e. The topological polar surface area (TPSA) is 98.8 Å². The molecule has 1 amide bonds. The molecule has 1 aromatic rings. The van der Waals surface area contributed by atoms with Crippen molar-refractivity contribution in [1.82, 2.24) is 4.90 Å². The summed E-state index contributed by atoms with van der Waals surface area (Å²) < 4.78 is 0. The van der Waals surface area contributed by atoms with Gasteiger partial charge in [-0.1, -0.05) is 6.92 Å². The Morgan fingerprint density at radius 3 is 2.40 bits per heavy atom. The van der Waals surface area contributed by atoms with Gasteiger partial charge >= 0.3 is 0 Å². The number of anilines is 2. The van der Waals surface area contributed by atoms with Gasteiger partial charge in [0.2, 0.25) is 0 Å². The second kappa shape index (κ2) is 6.58. The fourth-order valence-corrected chi connectivity index (χ4v) is 1.82. The Morgan fingerprint density at radius 2 is 1.95 bits per heavy atom. The lowest BCUT2D eigenvalue weighted by Crippen LogP contribution is -2.45. The van der Waals surface area contributed by atoms with Crippen LogP contribution in [0.1, 0.15) is 23.7 Å². The minimum atomic E-state index is -0.880. The van der Waals surface area contributed by atoms with Crippen molar-refractivity contribution in [3.8, 4) is 0 Å². The van der Waals surface area contributed by atoms with Crippen molar-refractivity contribution in [2.45, 2.75) is 18.9 Å². The third kappa shape index (κ3) is 3.40. The number of nitrogens with zero attached hydrogens (tertiary/aromatic N) is 1. The molecule has 0 heterocycles. The number of aliphatic hydroxyl groups excluding tert-OH is 2. The summed E-state index contributed by atoms with van der Waals surface area (Å²) >= 11 is 0. The molecule has 0 saturated carbocycles. The standard InChI is InChI=1S/C14H23N3O3/c1-4-14(8-18,9-19)16-12-7-10(15)5-6-11(12)13(20)17(2)3/h5-7,16,18-19H,4,8-9,15H2,1-3H3. The SMILES string of the molecule is CCC(CO)(CO)Nc1cc(N)ccc1C(=O)N(C)C. The van der Waals surface area contributed by atoms with E-state index in [2.05, 4.69) is 5.32 Å². The average Bonchev–Trinajstić information content (AvgIpc) is 2.44. The minimum absolute atomic E-state index is 0.173. The van der Waals surface area contributed by atoms with Gasteiger partial charge in [-0.25, -0.2) is 0 Å². The van der Waals surface area contributed by atoms with E-state index in [4.69, 9.17) is 5.73 Å². The van der Waals surface area contributed by atoms with Crippen LogP contribution in [0.3, 0.4) is 0 Å². The first-order valence-corrected chi connectivity index (χ1v) is 6.50. The van der Waals surface area contributed by atoms with E-state index in [1.165, 1.54) is 4.90 Å². The summed E-state index contributed by atoms with van der Waals surface area (Å²) in [6, 6.07) is 4.91. The van der Waals surface area contributed by atoms with Crippen LogP contribution in [0.5, 0.6) is 0 Å². The maximum Gasteiger partial charge on any atom is 0.255 e. The summed E-state index contributed by atoms with van der Waals surface area (Å²) in [4.78, 5) is 13.6. The number of nitrogens with two attached hydrogens (primary N) is 1. The summed E-state index contributed by atoms with van der Waals surface area (Å²) in [6.07, 6.45) is 0.504. The largest absolute Gasteiger partial charge is 0.399 e. The molecule has 0 atom stereocenters. The van der Waals surface area contributed by atoms with Crippen LogP contribution in [-0.4, -0.2) is 53.9 Å². The summed E-state index contributed by atoms with van der Waals surface area (Å²) in [5.74, 6) is -0.173. The van der Waals surface area contributed by atoms with Crippen molar-refractivity contribution in [2.24, 2.45) is 0 Å². The van der Waals surface area contributed by atoms with Gasteiger partial charge in [0.05, 0.1) is 24.3 Å². The summed E-state index contributed by atoms with van der Waals surface area (Å²) in [5, 5.41) is 22.1. The molecular formula is C14H23N3O3. The molecule has 20 heavy (non-hydrogen) atoms.